The molecule has 1 heterocycles. The van der Waals surface area contributed by atoms with Gasteiger partial charge in [0.05, 0.1) is 12.4 Å². The molecule has 0 spiro atoms. The first kappa shape index (κ1) is 12.9. The van der Waals surface area contributed by atoms with Crippen LogP contribution in [0.25, 0.3) is 0 Å². The molecule has 0 unspecified atom stereocenters. The van der Waals surface area contributed by atoms with Gasteiger partial charge in [-0.2, -0.15) is 0 Å². The summed E-state index contributed by atoms with van der Waals surface area (Å²) in [6.07, 6.45) is 2.01. The van der Waals surface area contributed by atoms with Crippen LogP contribution in [0, 0.1) is 0 Å². The highest BCUT2D eigenvalue weighted by Gasteiger charge is 2.14. The van der Waals surface area contributed by atoms with Gasteiger partial charge in [0.15, 0.2) is 5.17 Å². The SMILES string of the molecule is CSC1=NCC(Sc2ccccc2)=C(CCl)N1. The number of allylic oxidation sites excluding steroid dienone is 1. The minimum Gasteiger partial charge on any atom is -0.337 e. The number of alkyl halides is 1. The molecule has 5 heteroatoms. The van der Waals surface area contributed by atoms with Crippen LogP contribution >= 0.6 is 35.1 Å². The van der Waals surface area contributed by atoms with Gasteiger partial charge >= 0.3 is 0 Å². The first-order chi connectivity index (χ1) is 8.33. The highest BCUT2D eigenvalue weighted by molar-refractivity contribution is 8.13. The number of nitrogens with one attached hydrogen (secondary N) is 1. The molecule has 0 saturated heterocycles. The van der Waals surface area contributed by atoms with Gasteiger partial charge in [0, 0.05) is 15.5 Å². The van der Waals surface area contributed by atoms with Crippen molar-refractivity contribution in [2.24, 2.45) is 4.99 Å². The van der Waals surface area contributed by atoms with Crippen molar-refractivity contribution in [3.63, 3.8) is 0 Å². The van der Waals surface area contributed by atoms with Gasteiger partial charge in [-0.15, -0.1) is 11.6 Å². The number of amidine groups is 1. The van der Waals surface area contributed by atoms with Crippen LogP contribution in [0.5, 0.6) is 0 Å². The van der Waals surface area contributed by atoms with Crippen molar-refractivity contribution in [2.45, 2.75) is 4.90 Å². The lowest BCUT2D eigenvalue weighted by atomic mass is 10.4. The third kappa shape index (κ3) is 3.44. The van der Waals surface area contributed by atoms with E-state index >= 15 is 0 Å². The van der Waals surface area contributed by atoms with E-state index in [0.717, 1.165) is 10.9 Å². The fraction of sp³-hybridized carbons (Fsp3) is 0.250. The lowest BCUT2D eigenvalue weighted by Gasteiger charge is -2.19. The van der Waals surface area contributed by atoms with Crippen LogP contribution < -0.4 is 5.32 Å². The summed E-state index contributed by atoms with van der Waals surface area (Å²) in [7, 11) is 0. The van der Waals surface area contributed by atoms with E-state index in [0.29, 0.717) is 12.4 Å². The lowest BCUT2D eigenvalue weighted by molar-refractivity contribution is 1.02. The fourth-order valence-corrected chi connectivity index (χ4v) is 3.11. The van der Waals surface area contributed by atoms with Crippen LogP contribution in [0.1, 0.15) is 0 Å². The Morgan fingerprint density at radius 3 is 2.76 bits per heavy atom. The Morgan fingerprint density at radius 1 is 1.35 bits per heavy atom. The summed E-state index contributed by atoms with van der Waals surface area (Å²) in [5, 5.41) is 4.21. The zero-order valence-electron chi connectivity index (χ0n) is 9.44. The van der Waals surface area contributed by atoms with E-state index in [1.807, 2.05) is 24.5 Å². The topological polar surface area (TPSA) is 24.4 Å². The number of hydrogen-bond donors (Lipinski definition) is 1. The third-order valence-corrected chi connectivity index (χ3v) is 4.29. The third-order valence-electron chi connectivity index (χ3n) is 2.27. The zero-order chi connectivity index (χ0) is 12.1. The Hall–Kier alpha value is -0.580. The predicted molar refractivity (Wildman–Crippen MR) is 79.0 cm³/mol. The maximum atomic E-state index is 5.97. The molecule has 0 amide bonds. The lowest BCUT2D eigenvalue weighted by Crippen LogP contribution is -2.26. The first-order valence-electron chi connectivity index (χ1n) is 5.20. The normalized spacial score (nSPS) is 15.5. The molecule has 1 aromatic rings. The van der Waals surface area contributed by atoms with E-state index in [4.69, 9.17) is 11.6 Å². The summed E-state index contributed by atoms with van der Waals surface area (Å²) in [6.45, 7) is 0.713. The van der Waals surface area contributed by atoms with Crippen molar-refractivity contribution in [1.29, 1.82) is 0 Å². The number of rotatable bonds is 3. The summed E-state index contributed by atoms with van der Waals surface area (Å²) in [5.41, 5.74) is 1.07. The standard InChI is InChI=1S/C12H13ClN2S2/c1-16-12-14-8-11(10(7-13)15-12)17-9-5-3-2-4-6-9/h2-6H,7-8H2,1H3,(H,14,15). The Bertz CT molecular complexity index is 443. The van der Waals surface area contributed by atoms with Gasteiger partial charge in [0.25, 0.3) is 0 Å². The van der Waals surface area contributed by atoms with Crippen molar-refractivity contribution >= 4 is 40.3 Å². The second kappa shape index (κ2) is 6.38. The summed E-state index contributed by atoms with van der Waals surface area (Å²) in [6, 6.07) is 10.3. The van der Waals surface area contributed by atoms with Crippen molar-refractivity contribution in [2.75, 3.05) is 18.7 Å². The summed E-state index contributed by atoms with van der Waals surface area (Å²) in [5.74, 6) is 0.495. The molecule has 1 aromatic carbocycles. The van der Waals surface area contributed by atoms with Crippen LogP contribution in [0.15, 0.2) is 50.8 Å². The van der Waals surface area contributed by atoms with Gasteiger partial charge < -0.3 is 5.32 Å². The minimum absolute atomic E-state index is 0.495. The minimum atomic E-state index is 0.495. The highest BCUT2D eigenvalue weighted by Crippen LogP contribution is 2.30. The Morgan fingerprint density at radius 2 is 2.12 bits per heavy atom. The summed E-state index contributed by atoms with van der Waals surface area (Å²) >= 11 is 9.30. The van der Waals surface area contributed by atoms with Crippen molar-refractivity contribution < 1.29 is 0 Å². The quantitative estimate of drug-likeness (QED) is 0.859. The molecule has 2 rings (SSSR count). The van der Waals surface area contributed by atoms with Gasteiger partial charge in [-0.25, -0.2) is 0 Å². The Labute approximate surface area is 115 Å². The Kier molecular flexibility index (Phi) is 4.83. The van der Waals surface area contributed by atoms with Gasteiger partial charge in [-0.05, 0) is 18.4 Å². The number of aliphatic imine (C=N–C) groups is 1. The molecule has 0 saturated carbocycles. The molecule has 0 bridgehead atoms. The van der Waals surface area contributed by atoms with E-state index in [1.54, 1.807) is 23.5 Å². The summed E-state index contributed by atoms with van der Waals surface area (Å²) < 4.78 is 0. The molecule has 0 aliphatic carbocycles. The van der Waals surface area contributed by atoms with E-state index in [1.165, 1.54) is 9.80 Å². The average Bonchev–Trinajstić information content (AvgIpc) is 2.40. The molecule has 0 atom stereocenters. The van der Waals surface area contributed by atoms with Gasteiger partial charge in [-0.1, -0.05) is 41.7 Å². The van der Waals surface area contributed by atoms with E-state index < -0.39 is 0 Å². The van der Waals surface area contributed by atoms with E-state index in [2.05, 4.69) is 22.4 Å². The maximum absolute atomic E-state index is 5.97. The van der Waals surface area contributed by atoms with Crippen molar-refractivity contribution in [3.05, 3.63) is 40.9 Å². The second-order valence-electron chi connectivity index (χ2n) is 3.40. The number of halogens is 1. The van der Waals surface area contributed by atoms with Crippen LogP contribution in [0.2, 0.25) is 0 Å². The predicted octanol–water partition coefficient (Wildman–Crippen LogP) is 3.55. The molecule has 1 N–H and O–H groups in total. The zero-order valence-corrected chi connectivity index (χ0v) is 11.8. The molecule has 1 aliphatic heterocycles. The number of benzene rings is 1. The number of hydrogen-bond acceptors (Lipinski definition) is 4. The average molecular weight is 285 g/mol. The number of nitrogens with zero attached hydrogens (tertiary/aromatic N) is 1. The molecule has 90 valence electrons. The number of thioether (sulfide) groups is 2. The first-order valence-corrected chi connectivity index (χ1v) is 7.77. The van der Waals surface area contributed by atoms with Crippen molar-refractivity contribution in [3.8, 4) is 0 Å². The molecule has 1 aliphatic rings. The van der Waals surface area contributed by atoms with Crippen LogP contribution in [-0.2, 0) is 0 Å². The fourth-order valence-electron chi connectivity index (χ4n) is 1.43. The van der Waals surface area contributed by atoms with Gasteiger partial charge in [-0.3, -0.25) is 4.99 Å². The van der Waals surface area contributed by atoms with Crippen molar-refractivity contribution in [1.82, 2.24) is 5.32 Å². The Balaban J connectivity index is 2.12. The monoisotopic (exact) mass is 284 g/mol. The van der Waals surface area contributed by atoms with Crippen LogP contribution in [0.3, 0.4) is 0 Å². The molecule has 0 fully saturated rings. The molecule has 17 heavy (non-hydrogen) atoms. The maximum Gasteiger partial charge on any atom is 0.160 e. The smallest absolute Gasteiger partial charge is 0.160 e. The molecular formula is C12H13ClN2S2. The van der Waals surface area contributed by atoms with Gasteiger partial charge in [0.2, 0.25) is 0 Å². The van der Waals surface area contributed by atoms with E-state index in [-0.39, 0.29) is 0 Å². The molecule has 2 nitrogen and oxygen atoms in total. The van der Waals surface area contributed by atoms with Crippen LogP contribution in [-0.4, -0.2) is 23.8 Å². The van der Waals surface area contributed by atoms with Gasteiger partial charge in [0.1, 0.15) is 0 Å². The summed E-state index contributed by atoms with van der Waals surface area (Å²) in [4.78, 5) is 6.87. The molecular weight excluding hydrogens is 272 g/mol. The second-order valence-corrected chi connectivity index (χ2v) is 5.63. The van der Waals surface area contributed by atoms with Crippen LogP contribution in [0.4, 0.5) is 0 Å². The van der Waals surface area contributed by atoms with E-state index in [9.17, 15) is 0 Å². The highest BCUT2D eigenvalue weighted by atomic mass is 35.5. The largest absolute Gasteiger partial charge is 0.337 e. The molecule has 0 aromatic heterocycles. The molecule has 0 radical (unpaired) electrons.